The normalized spacial score (nSPS) is 16.2. The standard InChI is InChI=1S/C14H15N3O/c18-14-9-15-7-8-17(14)10-12-6-5-11-3-1-2-4-13(11)16-12/h1-6,15H,7-10H2. The monoisotopic (exact) mass is 241 g/mol. The summed E-state index contributed by atoms with van der Waals surface area (Å²) in [5.74, 6) is 0.149. The SMILES string of the molecule is O=C1CNCCN1Cc1ccc2ccccc2n1. The van der Waals surface area contributed by atoms with Crippen molar-refractivity contribution in [3.63, 3.8) is 0 Å². The molecule has 1 aliphatic rings. The molecule has 0 spiro atoms. The lowest BCUT2D eigenvalue weighted by atomic mass is 10.2. The van der Waals surface area contributed by atoms with Crippen LogP contribution in [0.5, 0.6) is 0 Å². The minimum Gasteiger partial charge on any atom is -0.334 e. The molecule has 1 fully saturated rings. The van der Waals surface area contributed by atoms with E-state index >= 15 is 0 Å². The molecule has 0 aliphatic carbocycles. The van der Waals surface area contributed by atoms with Crippen molar-refractivity contribution in [1.29, 1.82) is 0 Å². The van der Waals surface area contributed by atoms with Crippen molar-refractivity contribution in [2.45, 2.75) is 6.54 Å². The quantitative estimate of drug-likeness (QED) is 0.858. The molecule has 1 saturated heterocycles. The van der Waals surface area contributed by atoms with Gasteiger partial charge in [0.25, 0.3) is 0 Å². The number of carbonyl (C=O) groups excluding carboxylic acids is 1. The van der Waals surface area contributed by atoms with Crippen LogP contribution in [0, 0.1) is 0 Å². The Morgan fingerprint density at radius 1 is 1.22 bits per heavy atom. The number of aromatic nitrogens is 1. The molecule has 0 radical (unpaired) electrons. The molecule has 1 amide bonds. The third-order valence-corrected chi connectivity index (χ3v) is 3.20. The summed E-state index contributed by atoms with van der Waals surface area (Å²) in [5.41, 5.74) is 1.93. The Morgan fingerprint density at radius 2 is 2.11 bits per heavy atom. The van der Waals surface area contributed by atoms with E-state index in [0.29, 0.717) is 13.1 Å². The number of fused-ring (bicyclic) bond motifs is 1. The fourth-order valence-corrected chi connectivity index (χ4v) is 2.20. The third kappa shape index (κ3) is 2.19. The number of piperazine rings is 1. The van der Waals surface area contributed by atoms with Crippen LogP contribution >= 0.6 is 0 Å². The molecule has 1 aromatic heterocycles. The number of pyridine rings is 1. The number of rotatable bonds is 2. The second kappa shape index (κ2) is 4.74. The molecule has 1 N–H and O–H groups in total. The van der Waals surface area contributed by atoms with E-state index < -0.39 is 0 Å². The highest BCUT2D eigenvalue weighted by Gasteiger charge is 2.17. The largest absolute Gasteiger partial charge is 0.334 e. The molecule has 3 rings (SSSR count). The van der Waals surface area contributed by atoms with Crippen LogP contribution in [0.15, 0.2) is 36.4 Å². The van der Waals surface area contributed by atoms with E-state index in [9.17, 15) is 4.79 Å². The first-order chi connectivity index (χ1) is 8.83. The molecule has 18 heavy (non-hydrogen) atoms. The molecule has 0 saturated carbocycles. The fraction of sp³-hybridized carbons (Fsp3) is 0.286. The Kier molecular flexibility index (Phi) is 2.94. The van der Waals surface area contributed by atoms with Gasteiger partial charge in [0.15, 0.2) is 0 Å². The van der Waals surface area contributed by atoms with Crippen molar-refractivity contribution in [3.05, 3.63) is 42.1 Å². The maximum atomic E-state index is 11.7. The summed E-state index contributed by atoms with van der Waals surface area (Å²) >= 11 is 0. The van der Waals surface area contributed by atoms with Crippen molar-refractivity contribution in [1.82, 2.24) is 15.2 Å². The highest BCUT2D eigenvalue weighted by Crippen LogP contribution is 2.13. The highest BCUT2D eigenvalue weighted by molar-refractivity contribution is 5.80. The molecule has 0 unspecified atom stereocenters. The summed E-state index contributed by atoms with van der Waals surface area (Å²) in [4.78, 5) is 18.1. The van der Waals surface area contributed by atoms with Crippen LogP contribution in [0.3, 0.4) is 0 Å². The maximum Gasteiger partial charge on any atom is 0.236 e. The number of benzene rings is 1. The van der Waals surface area contributed by atoms with Gasteiger partial charge < -0.3 is 10.2 Å². The Hall–Kier alpha value is -1.94. The fourth-order valence-electron chi connectivity index (χ4n) is 2.20. The molecular formula is C14H15N3O. The lowest BCUT2D eigenvalue weighted by molar-refractivity contribution is -0.132. The third-order valence-electron chi connectivity index (χ3n) is 3.20. The lowest BCUT2D eigenvalue weighted by Crippen LogP contribution is -2.47. The van der Waals surface area contributed by atoms with Crippen LogP contribution in [0.25, 0.3) is 10.9 Å². The Balaban J connectivity index is 1.83. The van der Waals surface area contributed by atoms with Crippen molar-refractivity contribution < 1.29 is 4.79 Å². The first kappa shape index (κ1) is 11.2. The Morgan fingerprint density at radius 3 is 3.00 bits per heavy atom. The van der Waals surface area contributed by atoms with Crippen LogP contribution in [0.4, 0.5) is 0 Å². The summed E-state index contributed by atoms with van der Waals surface area (Å²) in [6, 6.07) is 12.1. The first-order valence-corrected chi connectivity index (χ1v) is 6.16. The van der Waals surface area contributed by atoms with E-state index in [-0.39, 0.29) is 5.91 Å². The van der Waals surface area contributed by atoms with Gasteiger partial charge in [0.05, 0.1) is 24.3 Å². The Labute approximate surface area is 106 Å². The van der Waals surface area contributed by atoms with Crippen molar-refractivity contribution >= 4 is 16.8 Å². The van der Waals surface area contributed by atoms with Crippen LogP contribution < -0.4 is 5.32 Å². The van der Waals surface area contributed by atoms with Crippen LogP contribution in [0.1, 0.15) is 5.69 Å². The maximum absolute atomic E-state index is 11.7. The van der Waals surface area contributed by atoms with E-state index in [0.717, 1.165) is 29.7 Å². The van der Waals surface area contributed by atoms with Gasteiger partial charge in [-0.25, -0.2) is 0 Å². The van der Waals surface area contributed by atoms with Crippen molar-refractivity contribution in [3.8, 4) is 0 Å². The zero-order valence-corrected chi connectivity index (χ0v) is 10.1. The van der Waals surface area contributed by atoms with Crippen LogP contribution in [-0.2, 0) is 11.3 Å². The number of nitrogens with one attached hydrogen (secondary N) is 1. The molecule has 4 heteroatoms. The average molecular weight is 241 g/mol. The molecule has 0 atom stereocenters. The van der Waals surface area contributed by atoms with Crippen molar-refractivity contribution in [2.24, 2.45) is 0 Å². The number of hydrogen-bond donors (Lipinski definition) is 1. The van der Waals surface area contributed by atoms with Gasteiger partial charge in [-0.1, -0.05) is 24.3 Å². The number of hydrogen-bond acceptors (Lipinski definition) is 3. The van der Waals surface area contributed by atoms with Crippen molar-refractivity contribution in [2.75, 3.05) is 19.6 Å². The van der Waals surface area contributed by atoms with Gasteiger partial charge in [0.2, 0.25) is 5.91 Å². The molecule has 92 valence electrons. The summed E-state index contributed by atoms with van der Waals surface area (Å²) in [7, 11) is 0. The number of carbonyl (C=O) groups is 1. The summed E-state index contributed by atoms with van der Waals surface area (Å²) in [5, 5.41) is 4.20. The Bertz CT molecular complexity index is 582. The van der Waals surface area contributed by atoms with Gasteiger partial charge in [-0.3, -0.25) is 9.78 Å². The molecule has 4 nitrogen and oxygen atoms in total. The lowest BCUT2D eigenvalue weighted by Gasteiger charge is -2.27. The number of nitrogens with zero attached hydrogens (tertiary/aromatic N) is 2. The minimum absolute atomic E-state index is 0.149. The van der Waals surface area contributed by atoms with E-state index in [1.165, 1.54) is 0 Å². The molecule has 2 heterocycles. The van der Waals surface area contributed by atoms with Gasteiger partial charge in [-0.05, 0) is 12.1 Å². The van der Waals surface area contributed by atoms with E-state index in [4.69, 9.17) is 0 Å². The first-order valence-electron chi connectivity index (χ1n) is 6.16. The average Bonchev–Trinajstić information content (AvgIpc) is 2.41. The van der Waals surface area contributed by atoms with E-state index in [2.05, 4.69) is 16.4 Å². The van der Waals surface area contributed by atoms with Gasteiger partial charge in [0.1, 0.15) is 0 Å². The molecular weight excluding hydrogens is 226 g/mol. The predicted octanol–water partition coefficient (Wildman–Crippen LogP) is 1.17. The van der Waals surface area contributed by atoms with Gasteiger partial charge in [-0.2, -0.15) is 0 Å². The molecule has 1 aliphatic heterocycles. The van der Waals surface area contributed by atoms with Crippen LogP contribution in [-0.4, -0.2) is 35.4 Å². The van der Waals surface area contributed by atoms with Gasteiger partial charge in [0, 0.05) is 18.5 Å². The zero-order valence-electron chi connectivity index (χ0n) is 10.1. The molecule has 2 aromatic rings. The second-order valence-corrected chi connectivity index (χ2v) is 4.49. The second-order valence-electron chi connectivity index (χ2n) is 4.49. The van der Waals surface area contributed by atoms with E-state index in [1.54, 1.807) is 0 Å². The predicted molar refractivity (Wildman–Crippen MR) is 70.0 cm³/mol. The van der Waals surface area contributed by atoms with Crippen LogP contribution in [0.2, 0.25) is 0 Å². The van der Waals surface area contributed by atoms with Gasteiger partial charge in [-0.15, -0.1) is 0 Å². The van der Waals surface area contributed by atoms with Gasteiger partial charge >= 0.3 is 0 Å². The summed E-state index contributed by atoms with van der Waals surface area (Å²) in [6.07, 6.45) is 0. The molecule has 0 bridgehead atoms. The number of para-hydroxylation sites is 1. The highest BCUT2D eigenvalue weighted by atomic mass is 16.2. The zero-order chi connectivity index (χ0) is 12.4. The minimum atomic E-state index is 0.149. The van der Waals surface area contributed by atoms with E-state index in [1.807, 2.05) is 35.2 Å². The number of amides is 1. The summed E-state index contributed by atoms with van der Waals surface area (Å²) in [6.45, 7) is 2.66. The smallest absolute Gasteiger partial charge is 0.236 e. The topological polar surface area (TPSA) is 45.2 Å². The molecule has 1 aromatic carbocycles. The summed E-state index contributed by atoms with van der Waals surface area (Å²) < 4.78 is 0.